The minimum absolute atomic E-state index is 0.189. The van der Waals surface area contributed by atoms with E-state index in [-0.39, 0.29) is 9.89 Å². The van der Waals surface area contributed by atoms with Crippen molar-refractivity contribution in [1.82, 2.24) is 0 Å². The fraction of sp³-hybridized carbons (Fsp3) is 0.538. The molecule has 0 unspecified atom stereocenters. The molecular weight excluding hydrogens is 288 g/mol. The predicted octanol–water partition coefficient (Wildman–Crippen LogP) is 3.89. The first-order valence-corrected chi connectivity index (χ1v) is 6.74. The van der Waals surface area contributed by atoms with Gasteiger partial charge in [-0.2, -0.15) is 0 Å². The van der Waals surface area contributed by atoms with Crippen LogP contribution in [-0.4, -0.2) is 6.54 Å². The quantitative estimate of drug-likeness (QED) is 0.824. The number of benzene rings is 1. The largest absolute Gasteiger partial charge is 0.330 e. The normalized spacial score (nSPS) is 19.3. The lowest BCUT2D eigenvalue weighted by Crippen LogP contribution is -2.37. The molecule has 17 heavy (non-hydrogen) atoms. The molecule has 1 aliphatic rings. The standard InChI is InChI=1S/C13H16BrF2N/c14-11-9(4-5-10(15)12(11)16)13(8-17)6-2-1-3-7-13/h4-5H,1-3,6-8,17H2. The first-order chi connectivity index (χ1) is 8.10. The molecule has 0 saturated heterocycles. The number of nitrogens with two attached hydrogens (primary N) is 1. The Morgan fingerprint density at radius 1 is 1.18 bits per heavy atom. The Bertz CT molecular complexity index is 414. The van der Waals surface area contributed by atoms with Crippen LogP contribution in [0.15, 0.2) is 16.6 Å². The van der Waals surface area contributed by atoms with E-state index in [1.54, 1.807) is 6.07 Å². The van der Waals surface area contributed by atoms with E-state index in [2.05, 4.69) is 15.9 Å². The van der Waals surface area contributed by atoms with Crippen molar-refractivity contribution in [3.8, 4) is 0 Å². The van der Waals surface area contributed by atoms with Gasteiger partial charge in [0.15, 0.2) is 11.6 Å². The van der Waals surface area contributed by atoms with Crippen LogP contribution in [0.2, 0.25) is 0 Å². The van der Waals surface area contributed by atoms with E-state index in [9.17, 15) is 8.78 Å². The molecule has 1 fully saturated rings. The molecule has 1 nitrogen and oxygen atoms in total. The molecule has 1 saturated carbocycles. The molecule has 0 radical (unpaired) electrons. The molecule has 2 rings (SSSR count). The molecule has 1 aromatic rings. The summed E-state index contributed by atoms with van der Waals surface area (Å²) in [6.07, 6.45) is 5.30. The second-order valence-electron chi connectivity index (χ2n) is 4.77. The maximum atomic E-state index is 13.6. The molecule has 0 amide bonds. The highest BCUT2D eigenvalue weighted by Gasteiger charge is 2.35. The van der Waals surface area contributed by atoms with Gasteiger partial charge in [-0.3, -0.25) is 0 Å². The third kappa shape index (κ3) is 2.25. The van der Waals surface area contributed by atoms with E-state index < -0.39 is 11.6 Å². The summed E-state index contributed by atoms with van der Waals surface area (Å²) >= 11 is 3.17. The van der Waals surface area contributed by atoms with Gasteiger partial charge in [0.1, 0.15) is 0 Å². The summed E-state index contributed by atoms with van der Waals surface area (Å²) in [4.78, 5) is 0. The molecule has 94 valence electrons. The fourth-order valence-corrected chi connectivity index (χ4v) is 3.49. The Morgan fingerprint density at radius 3 is 2.41 bits per heavy atom. The van der Waals surface area contributed by atoms with Crippen LogP contribution in [0.25, 0.3) is 0 Å². The number of hydrogen-bond donors (Lipinski definition) is 1. The third-order valence-electron chi connectivity index (χ3n) is 3.81. The van der Waals surface area contributed by atoms with E-state index in [0.717, 1.165) is 31.2 Å². The van der Waals surface area contributed by atoms with Crippen LogP contribution >= 0.6 is 15.9 Å². The van der Waals surface area contributed by atoms with Gasteiger partial charge < -0.3 is 5.73 Å². The minimum Gasteiger partial charge on any atom is -0.330 e. The van der Waals surface area contributed by atoms with Crippen LogP contribution in [-0.2, 0) is 5.41 Å². The van der Waals surface area contributed by atoms with Crippen LogP contribution in [0, 0.1) is 11.6 Å². The summed E-state index contributed by atoms with van der Waals surface area (Å²) < 4.78 is 26.9. The number of rotatable bonds is 2. The maximum absolute atomic E-state index is 13.6. The molecule has 0 heterocycles. The van der Waals surface area contributed by atoms with Gasteiger partial charge in [-0.25, -0.2) is 8.78 Å². The first-order valence-electron chi connectivity index (χ1n) is 5.95. The smallest absolute Gasteiger partial charge is 0.173 e. The number of halogens is 3. The SMILES string of the molecule is NCC1(c2ccc(F)c(F)c2Br)CCCCC1. The molecule has 0 aromatic heterocycles. The monoisotopic (exact) mass is 303 g/mol. The Kier molecular flexibility index (Phi) is 3.83. The van der Waals surface area contributed by atoms with E-state index in [1.807, 2.05) is 0 Å². The van der Waals surface area contributed by atoms with Crippen molar-refractivity contribution in [3.05, 3.63) is 33.8 Å². The van der Waals surface area contributed by atoms with Crippen LogP contribution < -0.4 is 5.73 Å². The molecule has 1 aliphatic carbocycles. The van der Waals surface area contributed by atoms with E-state index in [4.69, 9.17) is 5.73 Å². The maximum Gasteiger partial charge on any atom is 0.173 e. The zero-order chi connectivity index (χ0) is 12.5. The highest BCUT2D eigenvalue weighted by molar-refractivity contribution is 9.10. The molecule has 0 atom stereocenters. The summed E-state index contributed by atoms with van der Waals surface area (Å²) in [6, 6.07) is 2.86. The Morgan fingerprint density at radius 2 is 1.82 bits per heavy atom. The van der Waals surface area contributed by atoms with Crippen molar-refractivity contribution in [1.29, 1.82) is 0 Å². The van der Waals surface area contributed by atoms with Crippen molar-refractivity contribution in [2.24, 2.45) is 5.73 Å². The Hall–Kier alpha value is -0.480. The third-order valence-corrected chi connectivity index (χ3v) is 4.58. The van der Waals surface area contributed by atoms with Crippen molar-refractivity contribution in [2.45, 2.75) is 37.5 Å². The fourth-order valence-electron chi connectivity index (χ4n) is 2.75. The summed E-state index contributed by atoms with van der Waals surface area (Å²) in [5, 5.41) is 0. The molecular formula is C13H16BrF2N. The van der Waals surface area contributed by atoms with Crippen molar-refractivity contribution in [2.75, 3.05) is 6.54 Å². The second kappa shape index (κ2) is 5.02. The summed E-state index contributed by atoms with van der Waals surface area (Å²) in [7, 11) is 0. The Labute approximate surface area is 109 Å². The van der Waals surface area contributed by atoms with E-state index in [1.165, 1.54) is 12.5 Å². The van der Waals surface area contributed by atoms with Crippen molar-refractivity contribution in [3.63, 3.8) is 0 Å². The highest BCUT2D eigenvalue weighted by Crippen LogP contribution is 2.42. The van der Waals surface area contributed by atoms with Crippen LogP contribution in [0.1, 0.15) is 37.7 Å². The number of hydrogen-bond acceptors (Lipinski definition) is 1. The van der Waals surface area contributed by atoms with Gasteiger partial charge >= 0.3 is 0 Å². The van der Waals surface area contributed by atoms with Gasteiger partial charge in [0.25, 0.3) is 0 Å². The molecule has 0 aliphatic heterocycles. The molecule has 0 spiro atoms. The average molecular weight is 304 g/mol. The molecule has 0 bridgehead atoms. The lowest BCUT2D eigenvalue weighted by molar-refractivity contribution is 0.297. The van der Waals surface area contributed by atoms with E-state index >= 15 is 0 Å². The highest BCUT2D eigenvalue weighted by atomic mass is 79.9. The zero-order valence-corrected chi connectivity index (χ0v) is 11.2. The van der Waals surface area contributed by atoms with Gasteiger partial charge in [-0.1, -0.05) is 25.3 Å². The van der Waals surface area contributed by atoms with Crippen LogP contribution in [0.3, 0.4) is 0 Å². The predicted molar refractivity (Wildman–Crippen MR) is 67.9 cm³/mol. The van der Waals surface area contributed by atoms with Gasteiger partial charge in [0, 0.05) is 12.0 Å². The summed E-state index contributed by atoms with van der Waals surface area (Å²) in [5.41, 5.74) is 6.52. The first kappa shape index (κ1) is 13.0. The zero-order valence-electron chi connectivity index (χ0n) is 9.61. The van der Waals surface area contributed by atoms with Gasteiger partial charge in [0.2, 0.25) is 0 Å². The molecule has 1 aromatic carbocycles. The topological polar surface area (TPSA) is 26.0 Å². The minimum atomic E-state index is -0.816. The second-order valence-corrected chi connectivity index (χ2v) is 5.56. The lowest BCUT2D eigenvalue weighted by Gasteiger charge is -2.37. The van der Waals surface area contributed by atoms with Crippen LogP contribution in [0.4, 0.5) is 8.78 Å². The summed E-state index contributed by atoms with van der Waals surface area (Å²) in [6.45, 7) is 0.483. The van der Waals surface area contributed by atoms with E-state index in [0.29, 0.717) is 6.54 Å². The molecule has 4 heteroatoms. The Balaban J connectivity index is 2.47. The van der Waals surface area contributed by atoms with Gasteiger partial charge in [-0.15, -0.1) is 0 Å². The van der Waals surface area contributed by atoms with Gasteiger partial charge in [-0.05, 0) is 40.4 Å². The van der Waals surface area contributed by atoms with Gasteiger partial charge in [0.05, 0.1) is 4.47 Å². The molecule has 2 N–H and O–H groups in total. The van der Waals surface area contributed by atoms with Crippen molar-refractivity contribution >= 4 is 15.9 Å². The van der Waals surface area contributed by atoms with Crippen molar-refractivity contribution < 1.29 is 8.78 Å². The summed E-state index contributed by atoms with van der Waals surface area (Å²) in [5.74, 6) is -1.62. The average Bonchev–Trinajstić information content (AvgIpc) is 2.37. The van der Waals surface area contributed by atoms with Crippen LogP contribution in [0.5, 0.6) is 0 Å². The lowest BCUT2D eigenvalue weighted by atomic mass is 9.69.